The fourth-order valence-electron chi connectivity index (χ4n) is 1.07. The first-order valence-electron chi connectivity index (χ1n) is 4.46. The number of aliphatic hydroxyl groups excluding tert-OH is 1. The zero-order chi connectivity index (χ0) is 11.3. The molecule has 78 valence electrons. The molecule has 1 aromatic rings. The normalized spacial score (nSPS) is 9.40. The predicted octanol–water partition coefficient (Wildman–Crippen LogP) is -0.0162. The van der Waals surface area contributed by atoms with E-state index in [2.05, 4.69) is 10.3 Å². The highest BCUT2D eigenvalue weighted by Crippen LogP contribution is 2.05. The van der Waals surface area contributed by atoms with Gasteiger partial charge in [0.25, 0.3) is 5.91 Å². The van der Waals surface area contributed by atoms with Crippen LogP contribution >= 0.6 is 0 Å². The molecule has 0 aliphatic rings. The van der Waals surface area contributed by atoms with E-state index in [1.54, 1.807) is 13.0 Å². The molecular weight excluding hydrogens is 194 g/mol. The van der Waals surface area contributed by atoms with Gasteiger partial charge in [-0.05, 0) is 19.1 Å². The van der Waals surface area contributed by atoms with Crippen LogP contribution in [0.4, 0.5) is 0 Å². The SMILES string of the molecule is Cc1nc(C(=O)NCCO)ccc1C#N. The molecule has 1 heterocycles. The summed E-state index contributed by atoms with van der Waals surface area (Å²) in [6, 6.07) is 5.01. The van der Waals surface area contributed by atoms with E-state index in [0.717, 1.165) is 0 Å². The van der Waals surface area contributed by atoms with Crippen LogP contribution in [0.15, 0.2) is 12.1 Å². The van der Waals surface area contributed by atoms with Crippen molar-refractivity contribution in [3.63, 3.8) is 0 Å². The van der Waals surface area contributed by atoms with Gasteiger partial charge in [-0.15, -0.1) is 0 Å². The Morgan fingerprint density at radius 1 is 1.67 bits per heavy atom. The average molecular weight is 205 g/mol. The lowest BCUT2D eigenvalue weighted by molar-refractivity contribution is 0.0939. The Kier molecular flexibility index (Phi) is 3.77. The Bertz CT molecular complexity index is 410. The van der Waals surface area contributed by atoms with Crippen LogP contribution in [0.1, 0.15) is 21.7 Å². The van der Waals surface area contributed by atoms with Crippen molar-refractivity contribution in [1.29, 1.82) is 5.26 Å². The molecular formula is C10H11N3O2. The van der Waals surface area contributed by atoms with Crippen LogP contribution in [-0.2, 0) is 0 Å². The minimum atomic E-state index is -0.350. The molecule has 15 heavy (non-hydrogen) atoms. The molecule has 0 unspecified atom stereocenters. The molecule has 1 aromatic heterocycles. The zero-order valence-corrected chi connectivity index (χ0v) is 8.32. The van der Waals surface area contributed by atoms with Gasteiger partial charge in [0, 0.05) is 6.54 Å². The van der Waals surface area contributed by atoms with Crippen molar-refractivity contribution >= 4 is 5.91 Å². The number of nitrogens with one attached hydrogen (secondary N) is 1. The van der Waals surface area contributed by atoms with E-state index in [1.807, 2.05) is 6.07 Å². The number of hydrogen-bond donors (Lipinski definition) is 2. The second-order valence-corrected chi connectivity index (χ2v) is 2.92. The lowest BCUT2D eigenvalue weighted by Crippen LogP contribution is -2.27. The summed E-state index contributed by atoms with van der Waals surface area (Å²) >= 11 is 0. The van der Waals surface area contributed by atoms with E-state index >= 15 is 0 Å². The van der Waals surface area contributed by atoms with Crippen LogP contribution in [0, 0.1) is 18.3 Å². The van der Waals surface area contributed by atoms with E-state index in [0.29, 0.717) is 11.3 Å². The van der Waals surface area contributed by atoms with Gasteiger partial charge >= 0.3 is 0 Å². The maximum atomic E-state index is 11.4. The molecule has 1 rings (SSSR count). The largest absolute Gasteiger partial charge is 0.395 e. The fraction of sp³-hybridized carbons (Fsp3) is 0.300. The smallest absolute Gasteiger partial charge is 0.269 e. The maximum Gasteiger partial charge on any atom is 0.269 e. The summed E-state index contributed by atoms with van der Waals surface area (Å²) in [4.78, 5) is 15.4. The molecule has 0 aliphatic carbocycles. The number of carbonyl (C=O) groups excluding carboxylic acids is 1. The van der Waals surface area contributed by atoms with Crippen LogP contribution < -0.4 is 5.32 Å². The van der Waals surface area contributed by atoms with Crippen molar-refractivity contribution in [2.75, 3.05) is 13.2 Å². The van der Waals surface area contributed by atoms with Gasteiger partial charge in [0.05, 0.1) is 17.9 Å². The number of aromatic nitrogens is 1. The van der Waals surface area contributed by atoms with Gasteiger partial charge in [-0.3, -0.25) is 4.79 Å². The van der Waals surface area contributed by atoms with Crippen LogP contribution in [-0.4, -0.2) is 29.1 Å². The molecule has 0 aliphatic heterocycles. The average Bonchev–Trinajstić information content (AvgIpc) is 2.25. The molecule has 0 saturated heterocycles. The molecule has 0 saturated carbocycles. The summed E-state index contributed by atoms with van der Waals surface area (Å²) in [6.45, 7) is 1.75. The van der Waals surface area contributed by atoms with Crippen LogP contribution in [0.5, 0.6) is 0 Å². The van der Waals surface area contributed by atoms with Gasteiger partial charge in [-0.25, -0.2) is 4.98 Å². The van der Waals surface area contributed by atoms with Crippen LogP contribution in [0.3, 0.4) is 0 Å². The van der Waals surface area contributed by atoms with Gasteiger partial charge in [-0.2, -0.15) is 5.26 Å². The standard InChI is InChI=1S/C10H11N3O2/c1-7-8(6-11)2-3-9(13-7)10(15)12-4-5-14/h2-3,14H,4-5H2,1H3,(H,12,15). The van der Waals surface area contributed by atoms with E-state index in [9.17, 15) is 4.79 Å². The van der Waals surface area contributed by atoms with Crippen molar-refractivity contribution in [2.24, 2.45) is 0 Å². The molecule has 2 N–H and O–H groups in total. The molecule has 5 nitrogen and oxygen atoms in total. The Labute approximate surface area is 87.4 Å². The molecule has 0 radical (unpaired) electrons. The Morgan fingerprint density at radius 2 is 2.40 bits per heavy atom. The first-order chi connectivity index (χ1) is 7.19. The summed E-state index contributed by atoms with van der Waals surface area (Å²) in [6.07, 6.45) is 0. The van der Waals surface area contributed by atoms with E-state index in [-0.39, 0.29) is 24.8 Å². The highest BCUT2D eigenvalue weighted by atomic mass is 16.3. The van der Waals surface area contributed by atoms with Crippen molar-refractivity contribution in [2.45, 2.75) is 6.92 Å². The highest BCUT2D eigenvalue weighted by Gasteiger charge is 2.08. The minimum absolute atomic E-state index is 0.110. The zero-order valence-electron chi connectivity index (χ0n) is 8.32. The first kappa shape index (κ1) is 11.1. The van der Waals surface area contributed by atoms with Gasteiger partial charge in [0.15, 0.2) is 0 Å². The number of carbonyl (C=O) groups is 1. The third kappa shape index (κ3) is 2.76. The lowest BCUT2D eigenvalue weighted by Gasteiger charge is -2.03. The summed E-state index contributed by atoms with van der Waals surface area (Å²) in [5, 5.41) is 19.7. The number of nitrogens with zero attached hydrogens (tertiary/aromatic N) is 2. The second kappa shape index (κ2) is 5.08. The molecule has 0 atom stereocenters. The van der Waals surface area contributed by atoms with Gasteiger partial charge < -0.3 is 10.4 Å². The molecule has 0 bridgehead atoms. The van der Waals surface area contributed by atoms with Gasteiger partial charge in [0.1, 0.15) is 11.8 Å². The summed E-state index contributed by atoms with van der Waals surface area (Å²) in [7, 11) is 0. The third-order valence-electron chi connectivity index (χ3n) is 1.84. The number of nitriles is 1. The molecule has 1 amide bonds. The van der Waals surface area contributed by atoms with Crippen LogP contribution in [0.25, 0.3) is 0 Å². The highest BCUT2D eigenvalue weighted by molar-refractivity contribution is 5.92. The Morgan fingerprint density at radius 3 is 2.93 bits per heavy atom. The number of pyridine rings is 1. The van der Waals surface area contributed by atoms with Crippen LogP contribution in [0.2, 0.25) is 0 Å². The number of amides is 1. The Balaban J connectivity index is 2.84. The maximum absolute atomic E-state index is 11.4. The minimum Gasteiger partial charge on any atom is -0.395 e. The molecule has 0 spiro atoms. The number of aryl methyl sites for hydroxylation is 1. The van der Waals surface area contributed by atoms with Crippen molar-refractivity contribution in [1.82, 2.24) is 10.3 Å². The summed E-state index contributed by atoms with van der Waals surface area (Å²) in [5.41, 5.74) is 1.22. The van der Waals surface area contributed by atoms with Gasteiger partial charge in [-0.1, -0.05) is 0 Å². The quantitative estimate of drug-likeness (QED) is 0.726. The molecule has 0 aromatic carbocycles. The molecule has 0 fully saturated rings. The predicted molar refractivity (Wildman–Crippen MR) is 53.1 cm³/mol. The van der Waals surface area contributed by atoms with Crippen molar-refractivity contribution in [3.8, 4) is 6.07 Å². The number of rotatable bonds is 3. The number of hydrogen-bond acceptors (Lipinski definition) is 4. The van der Waals surface area contributed by atoms with E-state index in [4.69, 9.17) is 10.4 Å². The van der Waals surface area contributed by atoms with E-state index in [1.165, 1.54) is 6.07 Å². The molecule has 5 heteroatoms. The van der Waals surface area contributed by atoms with Crippen molar-refractivity contribution < 1.29 is 9.90 Å². The fourth-order valence-corrected chi connectivity index (χ4v) is 1.07. The third-order valence-corrected chi connectivity index (χ3v) is 1.84. The first-order valence-corrected chi connectivity index (χ1v) is 4.46. The lowest BCUT2D eigenvalue weighted by atomic mass is 10.2. The van der Waals surface area contributed by atoms with E-state index < -0.39 is 0 Å². The monoisotopic (exact) mass is 205 g/mol. The Hall–Kier alpha value is -1.93. The topological polar surface area (TPSA) is 86.0 Å². The summed E-state index contributed by atoms with van der Waals surface area (Å²) in [5.74, 6) is -0.350. The van der Waals surface area contributed by atoms with Gasteiger partial charge in [0.2, 0.25) is 0 Å². The number of aliphatic hydroxyl groups is 1. The van der Waals surface area contributed by atoms with Crippen molar-refractivity contribution in [3.05, 3.63) is 29.1 Å². The summed E-state index contributed by atoms with van der Waals surface area (Å²) < 4.78 is 0. The second-order valence-electron chi connectivity index (χ2n) is 2.92.